The van der Waals surface area contributed by atoms with Crippen molar-refractivity contribution in [1.82, 2.24) is 4.57 Å². The zero-order valence-electron chi connectivity index (χ0n) is 7.09. The molecule has 0 aromatic carbocycles. The number of aryl methyl sites for hydroxylation is 1. The van der Waals surface area contributed by atoms with Crippen molar-refractivity contribution in [2.75, 3.05) is 0 Å². The summed E-state index contributed by atoms with van der Waals surface area (Å²) in [5, 5.41) is 7.40. The van der Waals surface area contributed by atoms with Gasteiger partial charge < -0.3 is 5.73 Å². The first-order chi connectivity index (χ1) is 5.54. The normalized spacial score (nSPS) is 9.83. The van der Waals surface area contributed by atoms with Gasteiger partial charge in [0.25, 0.3) is 0 Å². The minimum Gasteiger partial charge on any atom is -0.351 e. The molecule has 0 bridgehead atoms. The van der Waals surface area contributed by atoms with Crippen molar-refractivity contribution in [3.8, 4) is 0 Å². The number of hydrogen-bond donors (Lipinski definition) is 2. The SMILES string of the molecule is Cc1ccc(=N)n(C(N)=O)c1C. The van der Waals surface area contributed by atoms with Crippen LogP contribution < -0.4 is 11.2 Å². The number of primary amides is 1. The van der Waals surface area contributed by atoms with Crippen molar-refractivity contribution in [3.05, 3.63) is 28.9 Å². The van der Waals surface area contributed by atoms with Crippen molar-refractivity contribution in [1.29, 1.82) is 5.41 Å². The average molecular weight is 165 g/mol. The van der Waals surface area contributed by atoms with Crippen molar-refractivity contribution >= 4 is 6.03 Å². The standard InChI is InChI=1S/C8H11N3O/c1-5-3-4-7(9)11(6(5)2)8(10)12/h3-4,9H,1-2H3,(H2,10,12). The zero-order chi connectivity index (χ0) is 9.30. The van der Waals surface area contributed by atoms with Crippen LogP contribution in [-0.2, 0) is 0 Å². The number of nitrogens with two attached hydrogens (primary N) is 1. The Bertz CT molecular complexity index is 378. The highest BCUT2D eigenvalue weighted by atomic mass is 16.2. The number of aromatic nitrogens is 1. The molecule has 3 N–H and O–H groups in total. The summed E-state index contributed by atoms with van der Waals surface area (Å²) in [6.45, 7) is 3.63. The van der Waals surface area contributed by atoms with Gasteiger partial charge >= 0.3 is 6.03 Å². The highest BCUT2D eigenvalue weighted by molar-refractivity contribution is 5.75. The van der Waals surface area contributed by atoms with Gasteiger partial charge in [-0.25, -0.2) is 4.79 Å². The Balaban J connectivity index is 3.54. The molecule has 64 valence electrons. The van der Waals surface area contributed by atoms with E-state index in [4.69, 9.17) is 11.1 Å². The van der Waals surface area contributed by atoms with Gasteiger partial charge in [0.15, 0.2) is 0 Å². The summed E-state index contributed by atoms with van der Waals surface area (Å²) in [6, 6.07) is 2.73. The fourth-order valence-corrected chi connectivity index (χ4v) is 1.04. The van der Waals surface area contributed by atoms with Gasteiger partial charge in [-0.2, -0.15) is 0 Å². The molecule has 0 saturated heterocycles. The third kappa shape index (κ3) is 1.23. The van der Waals surface area contributed by atoms with Crippen molar-refractivity contribution in [3.63, 3.8) is 0 Å². The van der Waals surface area contributed by atoms with E-state index in [1.165, 1.54) is 4.57 Å². The van der Waals surface area contributed by atoms with Crippen molar-refractivity contribution in [2.24, 2.45) is 5.73 Å². The van der Waals surface area contributed by atoms with Crippen LogP contribution in [0.25, 0.3) is 0 Å². The van der Waals surface area contributed by atoms with E-state index < -0.39 is 6.03 Å². The minimum absolute atomic E-state index is 0.116. The first-order valence-electron chi connectivity index (χ1n) is 3.57. The van der Waals surface area contributed by atoms with Crippen LogP contribution in [0.4, 0.5) is 4.79 Å². The summed E-state index contributed by atoms with van der Waals surface area (Å²) in [7, 11) is 0. The molecule has 1 aromatic heterocycles. The summed E-state index contributed by atoms with van der Waals surface area (Å²) in [5.41, 5.74) is 6.87. The largest absolute Gasteiger partial charge is 0.351 e. The van der Waals surface area contributed by atoms with E-state index in [1.54, 1.807) is 19.1 Å². The Hall–Kier alpha value is -1.58. The van der Waals surface area contributed by atoms with Crippen LogP contribution in [0, 0.1) is 19.3 Å². The molecule has 1 heterocycles. The molecule has 0 aliphatic rings. The smallest absolute Gasteiger partial charge is 0.324 e. The second kappa shape index (κ2) is 2.81. The molecule has 4 nitrogen and oxygen atoms in total. The lowest BCUT2D eigenvalue weighted by Crippen LogP contribution is -2.33. The third-order valence-electron chi connectivity index (χ3n) is 1.86. The zero-order valence-corrected chi connectivity index (χ0v) is 7.09. The fraction of sp³-hybridized carbons (Fsp3) is 0.250. The maximum absolute atomic E-state index is 10.9. The van der Waals surface area contributed by atoms with Crippen LogP contribution in [0.5, 0.6) is 0 Å². The predicted octanol–water partition coefficient (Wildman–Crippen LogP) is 0.511. The third-order valence-corrected chi connectivity index (χ3v) is 1.86. The monoisotopic (exact) mass is 165 g/mol. The Labute approximate surface area is 70.1 Å². The first kappa shape index (κ1) is 8.52. The van der Waals surface area contributed by atoms with Crippen LogP contribution in [-0.4, -0.2) is 10.6 Å². The molecular weight excluding hydrogens is 154 g/mol. The number of carbonyl (C=O) groups excluding carboxylic acids is 1. The quantitative estimate of drug-likeness (QED) is 0.577. The second-order valence-electron chi connectivity index (χ2n) is 2.66. The summed E-state index contributed by atoms with van der Waals surface area (Å²) in [5.74, 6) is 0. The summed E-state index contributed by atoms with van der Waals surface area (Å²) in [6.07, 6.45) is 0. The van der Waals surface area contributed by atoms with Gasteiger partial charge in [-0.3, -0.25) is 9.98 Å². The number of rotatable bonds is 0. The Kier molecular flexibility index (Phi) is 1.99. The van der Waals surface area contributed by atoms with E-state index >= 15 is 0 Å². The van der Waals surface area contributed by atoms with Gasteiger partial charge in [-0.15, -0.1) is 0 Å². The van der Waals surface area contributed by atoms with Gasteiger partial charge in [-0.1, -0.05) is 6.07 Å². The molecule has 12 heavy (non-hydrogen) atoms. The molecule has 0 atom stereocenters. The highest BCUT2D eigenvalue weighted by Crippen LogP contribution is 2.00. The lowest BCUT2D eigenvalue weighted by atomic mass is 10.2. The van der Waals surface area contributed by atoms with Crippen LogP contribution in [0.3, 0.4) is 0 Å². The summed E-state index contributed by atoms with van der Waals surface area (Å²) >= 11 is 0. The average Bonchev–Trinajstić information content (AvgIpc) is 1.97. The Morgan fingerprint density at radius 1 is 1.50 bits per heavy atom. The molecule has 1 aromatic rings. The molecule has 0 saturated carbocycles. The molecule has 0 fully saturated rings. The maximum Gasteiger partial charge on any atom is 0.324 e. The number of nitrogens with zero attached hydrogens (tertiary/aromatic N) is 1. The minimum atomic E-state index is -0.610. The van der Waals surface area contributed by atoms with Gasteiger partial charge in [0, 0.05) is 5.69 Å². The summed E-state index contributed by atoms with van der Waals surface area (Å²) < 4.78 is 1.18. The molecular formula is C8H11N3O. The topological polar surface area (TPSA) is 71.9 Å². The Morgan fingerprint density at radius 2 is 2.08 bits per heavy atom. The molecule has 1 rings (SSSR count). The second-order valence-corrected chi connectivity index (χ2v) is 2.66. The molecule has 0 aliphatic heterocycles. The lowest BCUT2D eigenvalue weighted by Gasteiger charge is -2.07. The van der Waals surface area contributed by atoms with E-state index in [1.807, 2.05) is 6.92 Å². The maximum atomic E-state index is 10.9. The van der Waals surface area contributed by atoms with Gasteiger partial charge in [-0.05, 0) is 25.5 Å². The molecule has 0 aliphatic carbocycles. The lowest BCUT2D eigenvalue weighted by molar-refractivity contribution is 0.249. The number of pyridine rings is 1. The van der Waals surface area contributed by atoms with Crippen molar-refractivity contribution < 1.29 is 4.79 Å². The van der Waals surface area contributed by atoms with Gasteiger partial charge in [0.2, 0.25) is 0 Å². The van der Waals surface area contributed by atoms with Crippen LogP contribution in [0.1, 0.15) is 11.3 Å². The van der Waals surface area contributed by atoms with Crippen LogP contribution >= 0.6 is 0 Å². The van der Waals surface area contributed by atoms with E-state index in [9.17, 15) is 4.79 Å². The van der Waals surface area contributed by atoms with E-state index in [0.29, 0.717) is 0 Å². The highest BCUT2D eigenvalue weighted by Gasteiger charge is 2.04. The van der Waals surface area contributed by atoms with E-state index in [-0.39, 0.29) is 5.49 Å². The fourth-order valence-electron chi connectivity index (χ4n) is 1.04. The predicted molar refractivity (Wildman–Crippen MR) is 44.7 cm³/mol. The van der Waals surface area contributed by atoms with Crippen LogP contribution in [0.2, 0.25) is 0 Å². The van der Waals surface area contributed by atoms with Gasteiger partial charge in [0.1, 0.15) is 5.49 Å². The molecule has 1 amide bonds. The van der Waals surface area contributed by atoms with E-state index in [0.717, 1.165) is 11.3 Å². The van der Waals surface area contributed by atoms with E-state index in [2.05, 4.69) is 0 Å². The van der Waals surface area contributed by atoms with Crippen LogP contribution in [0.15, 0.2) is 12.1 Å². The summed E-state index contributed by atoms with van der Waals surface area (Å²) in [4.78, 5) is 10.9. The molecule has 0 unspecified atom stereocenters. The molecule has 0 spiro atoms. The number of hydrogen-bond acceptors (Lipinski definition) is 2. The number of nitrogens with one attached hydrogen (secondary N) is 1. The Morgan fingerprint density at radius 3 is 2.50 bits per heavy atom. The van der Waals surface area contributed by atoms with Crippen molar-refractivity contribution in [2.45, 2.75) is 13.8 Å². The first-order valence-corrected chi connectivity index (χ1v) is 3.57. The van der Waals surface area contributed by atoms with Gasteiger partial charge in [0.05, 0.1) is 0 Å². The molecule has 4 heteroatoms. The number of amides is 1. The number of carbonyl (C=O) groups is 1. The molecule has 0 radical (unpaired) electrons.